The van der Waals surface area contributed by atoms with Crippen LogP contribution in [-0.4, -0.2) is 59.0 Å². The summed E-state index contributed by atoms with van der Waals surface area (Å²) in [7, 11) is 0. The van der Waals surface area contributed by atoms with Gasteiger partial charge in [-0.1, -0.05) is 36.7 Å². The fourth-order valence-corrected chi connectivity index (χ4v) is 3.36. The van der Waals surface area contributed by atoms with E-state index in [1.165, 1.54) is 0 Å². The number of benzene rings is 1. The van der Waals surface area contributed by atoms with E-state index in [0.717, 1.165) is 38.0 Å². The molecule has 0 saturated heterocycles. The first-order valence-electron chi connectivity index (χ1n) is 10.7. The van der Waals surface area contributed by atoms with Crippen molar-refractivity contribution in [2.24, 2.45) is 0 Å². The highest BCUT2D eigenvalue weighted by atomic mass is 16.5. The molecule has 1 aromatic heterocycles. The Hall–Kier alpha value is -2.67. The van der Waals surface area contributed by atoms with Crippen LogP contribution in [0, 0.1) is 13.8 Å². The number of rotatable bonds is 11. The zero-order valence-electron chi connectivity index (χ0n) is 18.8. The number of hydrogen-bond donors (Lipinski definition) is 1. The van der Waals surface area contributed by atoms with E-state index in [9.17, 15) is 9.59 Å². The summed E-state index contributed by atoms with van der Waals surface area (Å²) in [6.07, 6.45) is 1.79. The van der Waals surface area contributed by atoms with Crippen LogP contribution in [0.2, 0.25) is 0 Å². The number of nitrogens with one attached hydrogen (secondary N) is 1. The van der Waals surface area contributed by atoms with Gasteiger partial charge in [0, 0.05) is 17.7 Å². The maximum absolute atomic E-state index is 13.2. The summed E-state index contributed by atoms with van der Waals surface area (Å²) >= 11 is 0. The molecular formula is C23H34N4O3. The third kappa shape index (κ3) is 6.99. The van der Waals surface area contributed by atoms with Crippen molar-refractivity contribution < 1.29 is 14.1 Å². The maximum Gasteiger partial charge on any atom is 0.254 e. The Kier molecular flexibility index (Phi) is 9.05. The highest BCUT2D eigenvalue weighted by molar-refractivity contribution is 5.99. The van der Waals surface area contributed by atoms with Crippen LogP contribution >= 0.6 is 0 Å². The van der Waals surface area contributed by atoms with Gasteiger partial charge in [0.25, 0.3) is 5.91 Å². The van der Waals surface area contributed by atoms with Gasteiger partial charge in [-0.15, -0.1) is 0 Å². The van der Waals surface area contributed by atoms with Crippen molar-refractivity contribution in [2.45, 2.75) is 53.5 Å². The van der Waals surface area contributed by atoms with Gasteiger partial charge in [0.15, 0.2) is 5.82 Å². The van der Waals surface area contributed by atoms with Crippen molar-refractivity contribution in [3.8, 4) is 0 Å². The number of amides is 2. The number of aromatic nitrogens is 1. The van der Waals surface area contributed by atoms with Crippen LogP contribution in [0.1, 0.15) is 55.3 Å². The van der Waals surface area contributed by atoms with Crippen molar-refractivity contribution in [2.75, 3.05) is 31.5 Å². The van der Waals surface area contributed by atoms with Crippen LogP contribution in [0.25, 0.3) is 0 Å². The quantitative estimate of drug-likeness (QED) is 0.604. The number of aryl methyl sites for hydroxylation is 2. The van der Waals surface area contributed by atoms with E-state index >= 15 is 0 Å². The van der Waals surface area contributed by atoms with Crippen LogP contribution in [0.15, 0.2) is 34.9 Å². The summed E-state index contributed by atoms with van der Waals surface area (Å²) in [6.45, 7) is 13.0. The Morgan fingerprint density at radius 1 is 1.13 bits per heavy atom. The van der Waals surface area contributed by atoms with Crippen molar-refractivity contribution in [1.29, 1.82) is 0 Å². The van der Waals surface area contributed by atoms with Crippen LogP contribution in [-0.2, 0) is 4.79 Å². The van der Waals surface area contributed by atoms with Gasteiger partial charge in [0.2, 0.25) is 5.91 Å². The minimum atomic E-state index is -0.292. The highest BCUT2D eigenvalue weighted by Gasteiger charge is 2.24. The third-order valence-corrected chi connectivity index (χ3v) is 5.29. The van der Waals surface area contributed by atoms with Crippen molar-refractivity contribution in [3.05, 3.63) is 47.2 Å². The predicted octanol–water partition coefficient (Wildman–Crippen LogP) is 3.88. The van der Waals surface area contributed by atoms with E-state index in [4.69, 9.17) is 4.52 Å². The molecule has 1 unspecified atom stereocenters. The fraction of sp³-hybridized carbons (Fsp3) is 0.522. The van der Waals surface area contributed by atoms with Gasteiger partial charge in [-0.05, 0) is 65.4 Å². The summed E-state index contributed by atoms with van der Waals surface area (Å²) in [5, 5.41) is 6.50. The smallest absolute Gasteiger partial charge is 0.254 e. The van der Waals surface area contributed by atoms with Crippen molar-refractivity contribution in [1.82, 2.24) is 15.0 Å². The fourth-order valence-electron chi connectivity index (χ4n) is 3.36. The predicted molar refractivity (Wildman–Crippen MR) is 119 cm³/mol. The standard InChI is InChI=1S/C23H34N4O3/c1-6-26(7-2)14-8-9-18(4)27(23(29)20-12-10-17(3)11-13-20)16-22(28)24-21-15-19(5)30-25-21/h10-13,15,18H,6-9,14,16H2,1-5H3,(H,24,25,28). The Morgan fingerprint density at radius 3 is 2.37 bits per heavy atom. The Bertz CT molecular complexity index is 812. The lowest BCUT2D eigenvalue weighted by Crippen LogP contribution is -2.44. The van der Waals surface area contributed by atoms with Crippen molar-refractivity contribution >= 4 is 17.6 Å². The van der Waals surface area contributed by atoms with Gasteiger partial charge in [-0.3, -0.25) is 9.59 Å². The second-order valence-electron chi connectivity index (χ2n) is 7.69. The lowest BCUT2D eigenvalue weighted by Gasteiger charge is -2.29. The van der Waals surface area contributed by atoms with E-state index in [2.05, 4.69) is 29.2 Å². The number of anilines is 1. The van der Waals surface area contributed by atoms with Gasteiger partial charge in [0.05, 0.1) is 0 Å². The van der Waals surface area contributed by atoms with Gasteiger partial charge < -0.3 is 19.6 Å². The lowest BCUT2D eigenvalue weighted by atomic mass is 10.1. The van der Waals surface area contributed by atoms with E-state index < -0.39 is 0 Å². The first kappa shape index (κ1) is 23.6. The summed E-state index contributed by atoms with van der Waals surface area (Å²) in [5.74, 6) is 0.535. The maximum atomic E-state index is 13.2. The average molecular weight is 415 g/mol. The second-order valence-corrected chi connectivity index (χ2v) is 7.69. The number of carbonyl (C=O) groups is 2. The second kappa shape index (κ2) is 11.5. The van der Waals surface area contributed by atoms with E-state index in [0.29, 0.717) is 17.1 Å². The largest absolute Gasteiger partial charge is 0.360 e. The minimum absolute atomic E-state index is 0.0367. The molecule has 2 aromatic rings. The lowest BCUT2D eigenvalue weighted by molar-refractivity contribution is -0.117. The summed E-state index contributed by atoms with van der Waals surface area (Å²) in [6, 6.07) is 9.03. The molecule has 0 bridgehead atoms. The van der Waals surface area contributed by atoms with Crippen LogP contribution < -0.4 is 5.32 Å². The SMILES string of the molecule is CCN(CC)CCCC(C)N(CC(=O)Nc1cc(C)on1)C(=O)c1ccc(C)cc1. The zero-order chi connectivity index (χ0) is 22.1. The molecule has 0 aliphatic heterocycles. The van der Waals surface area contributed by atoms with E-state index in [1.807, 2.05) is 38.1 Å². The molecule has 1 aromatic carbocycles. The summed E-state index contributed by atoms with van der Waals surface area (Å²) in [5.41, 5.74) is 1.67. The Morgan fingerprint density at radius 2 is 1.80 bits per heavy atom. The summed E-state index contributed by atoms with van der Waals surface area (Å²) in [4.78, 5) is 29.8. The molecule has 1 heterocycles. The molecule has 0 aliphatic carbocycles. The van der Waals surface area contributed by atoms with Gasteiger partial charge in [-0.2, -0.15) is 0 Å². The van der Waals surface area contributed by atoms with Gasteiger partial charge >= 0.3 is 0 Å². The Balaban J connectivity index is 2.08. The molecule has 0 fully saturated rings. The monoisotopic (exact) mass is 414 g/mol. The van der Waals surface area contributed by atoms with E-state index in [1.54, 1.807) is 17.9 Å². The first-order chi connectivity index (χ1) is 14.3. The number of carbonyl (C=O) groups excluding carboxylic acids is 2. The topological polar surface area (TPSA) is 78.7 Å². The molecule has 30 heavy (non-hydrogen) atoms. The van der Waals surface area contributed by atoms with Crippen LogP contribution in [0.4, 0.5) is 5.82 Å². The molecule has 0 aliphatic rings. The molecule has 2 rings (SSSR count). The average Bonchev–Trinajstić information content (AvgIpc) is 3.13. The molecule has 0 radical (unpaired) electrons. The zero-order valence-corrected chi connectivity index (χ0v) is 18.8. The third-order valence-electron chi connectivity index (χ3n) is 5.29. The van der Waals surface area contributed by atoms with Gasteiger partial charge in [-0.25, -0.2) is 0 Å². The summed E-state index contributed by atoms with van der Waals surface area (Å²) < 4.78 is 4.99. The molecule has 0 spiro atoms. The molecule has 1 atom stereocenters. The van der Waals surface area contributed by atoms with Crippen molar-refractivity contribution in [3.63, 3.8) is 0 Å². The molecule has 7 heteroatoms. The number of hydrogen-bond acceptors (Lipinski definition) is 5. The normalized spacial score (nSPS) is 12.1. The Labute approximate surface area is 179 Å². The molecule has 1 N–H and O–H groups in total. The van der Waals surface area contributed by atoms with Crippen LogP contribution in [0.3, 0.4) is 0 Å². The van der Waals surface area contributed by atoms with Crippen LogP contribution in [0.5, 0.6) is 0 Å². The molecular weight excluding hydrogens is 380 g/mol. The highest BCUT2D eigenvalue weighted by Crippen LogP contribution is 2.15. The van der Waals surface area contributed by atoms with Gasteiger partial charge in [0.1, 0.15) is 12.3 Å². The first-order valence-corrected chi connectivity index (χ1v) is 10.7. The minimum Gasteiger partial charge on any atom is -0.360 e. The molecule has 2 amide bonds. The van der Waals surface area contributed by atoms with E-state index in [-0.39, 0.29) is 24.4 Å². The molecule has 7 nitrogen and oxygen atoms in total. The molecule has 164 valence electrons. The molecule has 0 saturated carbocycles. The number of nitrogens with zero attached hydrogens (tertiary/aromatic N) is 3.